The molecule has 1 saturated heterocycles. The van der Waals surface area contributed by atoms with Crippen molar-refractivity contribution in [2.24, 2.45) is 0 Å². The summed E-state index contributed by atoms with van der Waals surface area (Å²) in [6.07, 6.45) is 3.59. The van der Waals surface area contributed by atoms with Gasteiger partial charge in [0.2, 0.25) is 5.91 Å². The SMILES string of the molecule is Cc1c(N)ncnc1NC(C)C(=O)N1CCCC1. The zero-order valence-electron chi connectivity index (χ0n) is 10.8. The van der Waals surface area contributed by atoms with Gasteiger partial charge in [-0.2, -0.15) is 0 Å². The third-order valence-corrected chi connectivity index (χ3v) is 3.26. The maximum atomic E-state index is 12.1. The number of likely N-dealkylation sites (tertiary alicyclic amines) is 1. The fraction of sp³-hybridized carbons (Fsp3) is 0.583. The Bertz CT molecular complexity index is 442. The number of anilines is 2. The predicted molar refractivity (Wildman–Crippen MR) is 70.1 cm³/mol. The van der Waals surface area contributed by atoms with Gasteiger partial charge in [0, 0.05) is 18.7 Å². The van der Waals surface area contributed by atoms with Crippen molar-refractivity contribution in [2.75, 3.05) is 24.1 Å². The number of nitrogens with zero attached hydrogens (tertiary/aromatic N) is 3. The lowest BCUT2D eigenvalue weighted by Crippen LogP contribution is -2.40. The highest BCUT2D eigenvalue weighted by molar-refractivity contribution is 5.84. The van der Waals surface area contributed by atoms with Crippen molar-refractivity contribution in [1.29, 1.82) is 0 Å². The minimum Gasteiger partial charge on any atom is -0.383 e. The smallest absolute Gasteiger partial charge is 0.244 e. The average Bonchev–Trinajstić information content (AvgIpc) is 2.87. The number of hydrogen-bond donors (Lipinski definition) is 2. The van der Waals surface area contributed by atoms with Crippen molar-refractivity contribution in [2.45, 2.75) is 32.7 Å². The minimum atomic E-state index is -0.295. The molecule has 1 amide bonds. The minimum absolute atomic E-state index is 0.115. The molecule has 0 spiro atoms. The number of rotatable bonds is 3. The molecule has 6 nitrogen and oxygen atoms in total. The Morgan fingerprint density at radius 2 is 2.11 bits per heavy atom. The van der Waals surface area contributed by atoms with Crippen molar-refractivity contribution >= 4 is 17.5 Å². The maximum Gasteiger partial charge on any atom is 0.244 e. The normalized spacial score (nSPS) is 16.7. The largest absolute Gasteiger partial charge is 0.383 e. The van der Waals surface area contributed by atoms with Gasteiger partial charge >= 0.3 is 0 Å². The van der Waals surface area contributed by atoms with Crippen LogP contribution in [0, 0.1) is 6.92 Å². The fourth-order valence-corrected chi connectivity index (χ4v) is 2.09. The Hall–Kier alpha value is -1.85. The van der Waals surface area contributed by atoms with E-state index in [4.69, 9.17) is 5.73 Å². The highest BCUT2D eigenvalue weighted by Crippen LogP contribution is 2.17. The second-order valence-corrected chi connectivity index (χ2v) is 4.63. The molecule has 1 fully saturated rings. The molecule has 1 aromatic heterocycles. The van der Waals surface area contributed by atoms with Gasteiger partial charge in [0.1, 0.15) is 24.0 Å². The Morgan fingerprint density at radius 3 is 2.78 bits per heavy atom. The molecule has 0 aliphatic carbocycles. The predicted octanol–water partition coefficient (Wildman–Crippen LogP) is 0.790. The molecule has 1 unspecified atom stereocenters. The molecule has 3 N–H and O–H groups in total. The number of nitrogen functional groups attached to an aromatic ring is 1. The molecule has 2 rings (SSSR count). The molecule has 1 aromatic rings. The zero-order valence-corrected chi connectivity index (χ0v) is 10.8. The Labute approximate surface area is 107 Å². The van der Waals surface area contributed by atoms with Crippen LogP contribution in [0.2, 0.25) is 0 Å². The highest BCUT2D eigenvalue weighted by atomic mass is 16.2. The first-order chi connectivity index (χ1) is 8.59. The van der Waals surface area contributed by atoms with E-state index in [0.717, 1.165) is 31.5 Å². The fourth-order valence-electron chi connectivity index (χ4n) is 2.09. The summed E-state index contributed by atoms with van der Waals surface area (Å²) < 4.78 is 0. The van der Waals surface area contributed by atoms with E-state index >= 15 is 0 Å². The zero-order chi connectivity index (χ0) is 13.1. The number of nitrogens with two attached hydrogens (primary N) is 1. The standard InChI is InChI=1S/C12H19N5O/c1-8-10(13)14-7-15-11(8)16-9(2)12(18)17-5-3-4-6-17/h7,9H,3-6H2,1-2H3,(H3,13,14,15,16). The lowest BCUT2D eigenvalue weighted by molar-refractivity contribution is -0.130. The van der Waals surface area contributed by atoms with Crippen LogP contribution in [-0.4, -0.2) is 39.9 Å². The van der Waals surface area contributed by atoms with Gasteiger partial charge in [0.25, 0.3) is 0 Å². The van der Waals surface area contributed by atoms with Crippen LogP contribution < -0.4 is 11.1 Å². The molecule has 1 aliphatic rings. The molecular formula is C12H19N5O. The highest BCUT2D eigenvalue weighted by Gasteiger charge is 2.23. The summed E-state index contributed by atoms with van der Waals surface area (Å²) in [6.45, 7) is 5.40. The monoisotopic (exact) mass is 249 g/mol. The second-order valence-electron chi connectivity index (χ2n) is 4.63. The first-order valence-electron chi connectivity index (χ1n) is 6.22. The third-order valence-electron chi connectivity index (χ3n) is 3.26. The molecule has 0 saturated carbocycles. The molecule has 0 radical (unpaired) electrons. The summed E-state index contributed by atoms with van der Waals surface area (Å²) in [7, 11) is 0. The van der Waals surface area contributed by atoms with Crippen LogP contribution in [0.1, 0.15) is 25.3 Å². The van der Waals surface area contributed by atoms with Gasteiger partial charge in [-0.05, 0) is 26.7 Å². The summed E-state index contributed by atoms with van der Waals surface area (Å²) in [4.78, 5) is 22.0. The van der Waals surface area contributed by atoms with Gasteiger partial charge in [-0.3, -0.25) is 4.79 Å². The van der Waals surface area contributed by atoms with E-state index in [9.17, 15) is 4.79 Å². The van der Waals surface area contributed by atoms with E-state index in [0.29, 0.717) is 11.6 Å². The van der Waals surface area contributed by atoms with Gasteiger partial charge in [-0.1, -0.05) is 0 Å². The molecule has 1 atom stereocenters. The van der Waals surface area contributed by atoms with Crippen LogP contribution in [0.3, 0.4) is 0 Å². The summed E-state index contributed by atoms with van der Waals surface area (Å²) in [6, 6.07) is -0.295. The molecule has 0 bridgehead atoms. The quantitative estimate of drug-likeness (QED) is 0.827. The first-order valence-corrected chi connectivity index (χ1v) is 6.22. The van der Waals surface area contributed by atoms with Crippen molar-refractivity contribution in [3.8, 4) is 0 Å². The van der Waals surface area contributed by atoms with Crippen LogP contribution in [0.5, 0.6) is 0 Å². The number of hydrogen-bond acceptors (Lipinski definition) is 5. The number of carbonyl (C=O) groups excluding carboxylic acids is 1. The van der Waals surface area contributed by atoms with Gasteiger partial charge in [-0.25, -0.2) is 9.97 Å². The Kier molecular flexibility index (Phi) is 3.64. The Morgan fingerprint density at radius 1 is 1.44 bits per heavy atom. The molecule has 98 valence electrons. The van der Waals surface area contributed by atoms with E-state index in [-0.39, 0.29) is 11.9 Å². The van der Waals surface area contributed by atoms with Crippen LogP contribution in [0.15, 0.2) is 6.33 Å². The van der Waals surface area contributed by atoms with Crippen LogP contribution in [0.25, 0.3) is 0 Å². The topological polar surface area (TPSA) is 84.1 Å². The summed E-state index contributed by atoms with van der Waals surface area (Å²) in [5, 5.41) is 3.11. The first kappa shape index (κ1) is 12.6. The number of aromatic nitrogens is 2. The summed E-state index contributed by atoms with van der Waals surface area (Å²) in [5.74, 6) is 1.18. The van der Waals surface area contributed by atoms with Crippen molar-refractivity contribution in [1.82, 2.24) is 14.9 Å². The van der Waals surface area contributed by atoms with E-state index in [1.807, 2.05) is 18.7 Å². The van der Waals surface area contributed by atoms with Crippen LogP contribution in [-0.2, 0) is 4.79 Å². The van der Waals surface area contributed by atoms with Crippen LogP contribution in [0.4, 0.5) is 11.6 Å². The lowest BCUT2D eigenvalue weighted by atomic mass is 10.2. The maximum absolute atomic E-state index is 12.1. The van der Waals surface area contributed by atoms with Crippen molar-refractivity contribution in [3.63, 3.8) is 0 Å². The third kappa shape index (κ3) is 2.52. The number of nitrogens with one attached hydrogen (secondary N) is 1. The summed E-state index contributed by atoms with van der Waals surface area (Å²) in [5.41, 5.74) is 6.48. The Balaban J connectivity index is 2.04. The van der Waals surface area contributed by atoms with Crippen molar-refractivity contribution in [3.05, 3.63) is 11.9 Å². The van der Waals surface area contributed by atoms with Gasteiger partial charge in [-0.15, -0.1) is 0 Å². The molecule has 0 aromatic carbocycles. The molecule has 2 heterocycles. The van der Waals surface area contributed by atoms with Gasteiger partial charge in [0.15, 0.2) is 0 Å². The number of amides is 1. The molecule has 1 aliphatic heterocycles. The van der Waals surface area contributed by atoms with Crippen molar-refractivity contribution < 1.29 is 4.79 Å². The molecule has 6 heteroatoms. The van der Waals surface area contributed by atoms with E-state index in [1.54, 1.807) is 0 Å². The lowest BCUT2D eigenvalue weighted by Gasteiger charge is -2.22. The molecule has 18 heavy (non-hydrogen) atoms. The van der Waals surface area contributed by atoms with Gasteiger partial charge in [0.05, 0.1) is 0 Å². The van der Waals surface area contributed by atoms with E-state index < -0.39 is 0 Å². The molecular weight excluding hydrogens is 230 g/mol. The average molecular weight is 249 g/mol. The second kappa shape index (κ2) is 5.20. The van der Waals surface area contributed by atoms with Gasteiger partial charge < -0.3 is 16.0 Å². The van der Waals surface area contributed by atoms with E-state index in [2.05, 4.69) is 15.3 Å². The van der Waals surface area contributed by atoms with Crippen LogP contribution >= 0.6 is 0 Å². The van der Waals surface area contributed by atoms with E-state index in [1.165, 1.54) is 6.33 Å². The number of carbonyl (C=O) groups is 1. The summed E-state index contributed by atoms with van der Waals surface area (Å²) >= 11 is 0.